The summed E-state index contributed by atoms with van der Waals surface area (Å²) in [6.45, 7) is 4.91. The summed E-state index contributed by atoms with van der Waals surface area (Å²) in [5.74, 6) is -0.342. The molecule has 2 N–H and O–H groups in total. The summed E-state index contributed by atoms with van der Waals surface area (Å²) in [5, 5.41) is 12.0. The second-order valence-electron chi connectivity index (χ2n) is 4.90. The van der Waals surface area contributed by atoms with E-state index in [0.717, 1.165) is 11.1 Å². The number of amides is 1. The van der Waals surface area contributed by atoms with E-state index in [-0.39, 0.29) is 23.1 Å². The number of nitrogens with zero attached hydrogens (tertiary/aromatic N) is 1. The third-order valence-electron chi connectivity index (χ3n) is 3.04. The molecule has 1 aromatic carbocycles. The van der Waals surface area contributed by atoms with Crippen molar-refractivity contribution in [3.8, 4) is 5.75 Å². The smallest absolute Gasteiger partial charge is 0.221 e. The number of phenols is 1. The lowest BCUT2D eigenvalue weighted by molar-refractivity contribution is -0.120. The highest BCUT2D eigenvalue weighted by molar-refractivity contribution is 6.22. The van der Waals surface area contributed by atoms with Gasteiger partial charge in [0, 0.05) is 6.92 Å². The van der Waals surface area contributed by atoms with E-state index in [2.05, 4.69) is 10.3 Å². The van der Waals surface area contributed by atoms with Gasteiger partial charge in [0.15, 0.2) is 0 Å². The molecule has 0 bridgehead atoms. The van der Waals surface area contributed by atoms with Crippen molar-refractivity contribution in [2.24, 2.45) is 4.99 Å². The molecule has 21 heavy (non-hydrogen) atoms. The minimum absolute atomic E-state index is 0.208. The van der Waals surface area contributed by atoms with E-state index < -0.39 is 0 Å². The van der Waals surface area contributed by atoms with Crippen LogP contribution in [0, 0.1) is 6.92 Å². The molecule has 0 saturated heterocycles. The van der Waals surface area contributed by atoms with Gasteiger partial charge in [-0.05, 0) is 55.3 Å². The number of rotatable bonds is 2. The number of aliphatic imine (C=N–C) groups is 1. The molecule has 0 aliphatic heterocycles. The van der Waals surface area contributed by atoms with Gasteiger partial charge in [0.25, 0.3) is 0 Å². The molecule has 1 aliphatic rings. The summed E-state index contributed by atoms with van der Waals surface area (Å²) < 4.78 is 0. The summed E-state index contributed by atoms with van der Waals surface area (Å²) >= 11 is 0. The van der Waals surface area contributed by atoms with Crippen LogP contribution in [0.3, 0.4) is 0 Å². The van der Waals surface area contributed by atoms with Crippen LogP contribution in [0.25, 0.3) is 0 Å². The number of carbonyl (C=O) groups is 2. The predicted octanol–water partition coefficient (Wildman–Crippen LogP) is 2.32. The monoisotopic (exact) mass is 284 g/mol. The molecule has 2 rings (SSSR count). The maximum atomic E-state index is 11.8. The van der Waals surface area contributed by atoms with Crippen molar-refractivity contribution in [2.45, 2.75) is 20.8 Å². The lowest BCUT2D eigenvalue weighted by atomic mass is 10.0. The van der Waals surface area contributed by atoms with Crippen LogP contribution < -0.4 is 5.32 Å². The fraction of sp³-hybridized carbons (Fsp3) is 0.188. The summed E-state index contributed by atoms with van der Waals surface area (Å²) in [6, 6.07) is 5.00. The standard InChI is InChI=1S/C16H16N2O3/c1-9-7-16(21)14(17-11(3)19)8-13(9)18-12-4-5-15(20)10(2)6-12/h4-8,20H,1-3H3,(H,17,19). The number of hydrogen-bond donors (Lipinski definition) is 2. The maximum Gasteiger partial charge on any atom is 0.221 e. The second-order valence-corrected chi connectivity index (χ2v) is 4.90. The molecule has 0 saturated carbocycles. The van der Waals surface area contributed by atoms with Crippen molar-refractivity contribution in [3.05, 3.63) is 47.2 Å². The van der Waals surface area contributed by atoms with Crippen LogP contribution in [-0.2, 0) is 9.59 Å². The number of allylic oxidation sites excluding steroid dienone is 3. The third-order valence-corrected chi connectivity index (χ3v) is 3.04. The second kappa shape index (κ2) is 5.75. The number of ketones is 1. The largest absolute Gasteiger partial charge is 0.508 e. The maximum absolute atomic E-state index is 11.8. The van der Waals surface area contributed by atoms with E-state index in [9.17, 15) is 14.7 Å². The van der Waals surface area contributed by atoms with E-state index in [1.54, 1.807) is 38.1 Å². The first kappa shape index (κ1) is 14.7. The van der Waals surface area contributed by atoms with Crippen molar-refractivity contribution in [3.63, 3.8) is 0 Å². The van der Waals surface area contributed by atoms with Gasteiger partial charge in [-0.3, -0.25) is 9.59 Å². The van der Waals surface area contributed by atoms with Crippen molar-refractivity contribution in [2.75, 3.05) is 0 Å². The highest BCUT2D eigenvalue weighted by atomic mass is 16.3. The first-order chi connectivity index (χ1) is 9.86. The Bertz CT molecular complexity index is 712. The highest BCUT2D eigenvalue weighted by Gasteiger charge is 2.17. The number of aryl methyl sites for hydroxylation is 1. The highest BCUT2D eigenvalue weighted by Crippen LogP contribution is 2.24. The fourth-order valence-corrected chi connectivity index (χ4v) is 1.93. The van der Waals surface area contributed by atoms with E-state index in [1.807, 2.05) is 0 Å². The number of aromatic hydroxyl groups is 1. The molecule has 1 aromatic rings. The van der Waals surface area contributed by atoms with Gasteiger partial charge in [-0.2, -0.15) is 0 Å². The lowest BCUT2D eigenvalue weighted by Gasteiger charge is -2.13. The molecule has 0 radical (unpaired) electrons. The van der Waals surface area contributed by atoms with Gasteiger partial charge in [-0.1, -0.05) is 0 Å². The number of nitrogens with one attached hydrogen (secondary N) is 1. The molecule has 1 aliphatic carbocycles. The molecule has 1 amide bonds. The third kappa shape index (κ3) is 3.45. The van der Waals surface area contributed by atoms with Crippen molar-refractivity contribution >= 4 is 23.1 Å². The number of benzene rings is 1. The van der Waals surface area contributed by atoms with Gasteiger partial charge < -0.3 is 10.4 Å². The normalized spacial score (nSPS) is 16.5. The van der Waals surface area contributed by atoms with Crippen molar-refractivity contribution in [1.29, 1.82) is 0 Å². The van der Waals surface area contributed by atoms with E-state index in [1.165, 1.54) is 13.0 Å². The number of carbonyl (C=O) groups excluding carboxylic acids is 2. The number of phenolic OH excluding ortho intramolecular Hbond substituents is 1. The zero-order valence-electron chi connectivity index (χ0n) is 12.1. The van der Waals surface area contributed by atoms with Crippen LogP contribution >= 0.6 is 0 Å². The topological polar surface area (TPSA) is 78.8 Å². The lowest BCUT2D eigenvalue weighted by Crippen LogP contribution is -2.27. The van der Waals surface area contributed by atoms with Crippen LogP contribution in [0.2, 0.25) is 0 Å². The molecule has 0 unspecified atom stereocenters. The quantitative estimate of drug-likeness (QED) is 0.818. The summed E-state index contributed by atoms with van der Waals surface area (Å²) in [5.41, 5.74) is 2.92. The Hall–Kier alpha value is -2.69. The molecular formula is C16H16N2O3. The van der Waals surface area contributed by atoms with Gasteiger partial charge in [0.1, 0.15) is 5.75 Å². The molecule has 5 heteroatoms. The zero-order chi connectivity index (χ0) is 15.6. The first-order valence-corrected chi connectivity index (χ1v) is 6.47. The number of hydrogen-bond acceptors (Lipinski definition) is 4. The Morgan fingerprint density at radius 1 is 1.24 bits per heavy atom. The van der Waals surface area contributed by atoms with E-state index in [0.29, 0.717) is 11.4 Å². The Kier molecular flexibility index (Phi) is 4.03. The fourth-order valence-electron chi connectivity index (χ4n) is 1.93. The average Bonchev–Trinajstić information content (AvgIpc) is 2.39. The Morgan fingerprint density at radius 3 is 2.57 bits per heavy atom. The Balaban J connectivity index is 2.40. The van der Waals surface area contributed by atoms with E-state index in [4.69, 9.17) is 0 Å². The van der Waals surface area contributed by atoms with Crippen LogP contribution in [-0.4, -0.2) is 22.5 Å². The van der Waals surface area contributed by atoms with Crippen molar-refractivity contribution in [1.82, 2.24) is 5.32 Å². The molecular weight excluding hydrogens is 268 g/mol. The molecule has 0 heterocycles. The SMILES string of the molecule is CC(=O)NC1=CC(=Nc2ccc(O)c(C)c2)C(C)=CC1=O. The van der Waals surface area contributed by atoms with E-state index >= 15 is 0 Å². The summed E-state index contributed by atoms with van der Waals surface area (Å²) in [4.78, 5) is 27.3. The molecule has 0 atom stereocenters. The molecule has 0 spiro atoms. The minimum Gasteiger partial charge on any atom is -0.508 e. The minimum atomic E-state index is -0.303. The van der Waals surface area contributed by atoms with Crippen LogP contribution in [0.15, 0.2) is 46.6 Å². The Labute approximate surface area is 122 Å². The first-order valence-electron chi connectivity index (χ1n) is 6.47. The van der Waals surface area contributed by atoms with Crippen molar-refractivity contribution < 1.29 is 14.7 Å². The Morgan fingerprint density at radius 2 is 1.95 bits per heavy atom. The molecule has 0 fully saturated rings. The van der Waals surface area contributed by atoms with Gasteiger partial charge in [-0.25, -0.2) is 4.99 Å². The van der Waals surface area contributed by atoms with Gasteiger partial charge in [0.05, 0.1) is 17.1 Å². The molecule has 5 nitrogen and oxygen atoms in total. The predicted molar refractivity (Wildman–Crippen MR) is 80.6 cm³/mol. The summed E-state index contributed by atoms with van der Waals surface area (Å²) in [7, 11) is 0. The van der Waals surface area contributed by atoms with Crippen LogP contribution in [0.5, 0.6) is 5.75 Å². The van der Waals surface area contributed by atoms with Gasteiger partial charge >= 0.3 is 0 Å². The van der Waals surface area contributed by atoms with Gasteiger partial charge in [-0.15, -0.1) is 0 Å². The van der Waals surface area contributed by atoms with Crippen LogP contribution in [0.1, 0.15) is 19.4 Å². The molecule has 108 valence electrons. The van der Waals surface area contributed by atoms with Gasteiger partial charge in [0.2, 0.25) is 11.7 Å². The van der Waals surface area contributed by atoms with Crippen LogP contribution in [0.4, 0.5) is 5.69 Å². The summed E-state index contributed by atoms with van der Waals surface area (Å²) in [6.07, 6.45) is 3.00. The average molecular weight is 284 g/mol. The molecule has 0 aromatic heterocycles. The zero-order valence-corrected chi connectivity index (χ0v) is 12.1.